The molecule has 0 N–H and O–H groups in total. The molecule has 0 saturated heterocycles. The zero-order valence-corrected chi connectivity index (χ0v) is 13.5. The monoisotopic (exact) mass is 331 g/mol. The number of carbonyl (C=O) groups excluding carboxylic acids is 4. The molecule has 8 heteroatoms. The first-order valence-corrected chi connectivity index (χ1v) is 8.94. The van der Waals surface area contributed by atoms with E-state index >= 15 is 0 Å². The first kappa shape index (κ1) is 17.8. The molecule has 0 aromatic carbocycles. The summed E-state index contributed by atoms with van der Waals surface area (Å²) in [6.07, 6.45) is 2.70. The van der Waals surface area contributed by atoms with Crippen molar-refractivity contribution in [3.8, 4) is 0 Å². The summed E-state index contributed by atoms with van der Waals surface area (Å²) in [5, 5.41) is 0.446. The van der Waals surface area contributed by atoms with Crippen LogP contribution in [-0.4, -0.2) is 40.1 Å². The number of imide groups is 1. The fourth-order valence-electron chi connectivity index (χ4n) is 1.30. The van der Waals surface area contributed by atoms with Gasteiger partial charge in [0.05, 0.1) is 6.42 Å². The van der Waals surface area contributed by atoms with Gasteiger partial charge in [-0.05, 0) is 0 Å². The van der Waals surface area contributed by atoms with Crippen LogP contribution in [0.2, 0.25) is 0 Å². The number of nitrogens with zero attached hydrogens (tertiary/aromatic N) is 1. The van der Waals surface area contributed by atoms with Crippen LogP contribution in [0.15, 0.2) is 12.2 Å². The minimum absolute atomic E-state index is 0.0507. The predicted molar refractivity (Wildman–Crippen MR) is 81.1 cm³/mol. The third-order valence-corrected chi connectivity index (χ3v) is 4.92. The molecule has 0 saturated carbocycles. The van der Waals surface area contributed by atoms with Crippen molar-refractivity contribution in [3.63, 3.8) is 0 Å². The Kier molecular flexibility index (Phi) is 7.52. The summed E-state index contributed by atoms with van der Waals surface area (Å²) < 4.78 is 0. The molecule has 116 valence electrons. The highest BCUT2D eigenvalue weighted by Gasteiger charge is 2.27. The van der Waals surface area contributed by atoms with Gasteiger partial charge >= 0.3 is 5.97 Å². The summed E-state index contributed by atoms with van der Waals surface area (Å²) in [5.74, 6) is -0.472. The van der Waals surface area contributed by atoms with Gasteiger partial charge in [0, 0.05) is 36.0 Å². The number of carbonyl (C=O) groups is 4. The average molecular weight is 331 g/mol. The summed E-state index contributed by atoms with van der Waals surface area (Å²) in [7, 11) is 2.97. The Hall–Kier alpha value is -1.28. The average Bonchev–Trinajstić information content (AvgIpc) is 2.74. The van der Waals surface area contributed by atoms with Crippen LogP contribution in [0.3, 0.4) is 0 Å². The number of rotatable bonds is 9. The highest BCUT2D eigenvalue weighted by Crippen LogP contribution is 2.23. The molecular formula is C13H17NO5S2. The quantitative estimate of drug-likeness (QED) is 0.362. The molecule has 1 heterocycles. The minimum atomic E-state index is -0.650. The van der Waals surface area contributed by atoms with Gasteiger partial charge in [-0.1, -0.05) is 40.5 Å². The maximum absolute atomic E-state index is 11.4. The van der Waals surface area contributed by atoms with E-state index in [0.29, 0.717) is 23.0 Å². The number of amides is 2. The summed E-state index contributed by atoms with van der Waals surface area (Å²) in [6, 6.07) is 0. The van der Waals surface area contributed by atoms with Crippen LogP contribution in [0.4, 0.5) is 0 Å². The zero-order valence-electron chi connectivity index (χ0n) is 11.9. The Labute approximate surface area is 131 Å². The fraction of sp³-hybridized carbons (Fsp3) is 0.538. The molecular weight excluding hydrogens is 314 g/mol. The summed E-state index contributed by atoms with van der Waals surface area (Å²) in [5.41, 5.74) is 0. The molecule has 0 unspecified atom stereocenters. The van der Waals surface area contributed by atoms with Crippen LogP contribution in [0.5, 0.6) is 0 Å². The van der Waals surface area contributed by atoms with E-state index in [1.807, 2.05) is 13.8 Å². The lowest BCUT2D eigenvalue weighted by molar-refractivity contribution is -0.195. The Morgan fingerprint density at radius 1 is 1.10 bits per heavy atom. The van der Waals surface area contributed by atoms with Gasteiger partial charge in [-0.2, -0.15) is 0 Å². The van der Waals surface area contributed by atoms with E-state index in [0.717, 1.165) is 12.2 Å². The Morgan fingerprint density at radius 3 is 2.14 bits per heavy atom. The first-order valence-electron chi connectivity index (χ1n) is 6.46. The van der Waals surface area contributed by atoms with E-state index in [4.69, 9.17) is 0 Å². The predicted octanol–water partition coefficient (Wildman–Crippen LogP) is 1.76. The van der Waals surface area contributed by atoms with Gasteiger partial charge < -0.3 is 4.84 Å². The van der Waals surface area contributed by atoms with E-state index in [-0.39, 0.29) is 18.1 Å². The van der Waals surface area contributed by atoms with E-state index in [1.165, 1.54) is 21.6 Å². The maximum Gasteiger partial charge on any atom is 0.334 e. The summed E-state index contributed by atoms with van der Waals surface area (Å²) in [4.78, 5) is 49.8. The second-order valence-corrected chi connectivity index (χ2v) is 7.23. The molecule has 1 aliphatic rings. The van der Waals surface area contributed by atoms with E-state index in [1.54, 1.807) is 0 Å². The van der Waals surface area contributed by atoms with Crippen molar-refractivity contribution in [2.45, 2.75) is 26.7 Å². The third-order valence-electron chi connectivity index (χ3n) is 2.51. The molecule has 0 aliphatic carbocycles. The molecule has 6 nitrogen and oxygen atoms in total. The lowest BCUT2D eigenvalue weighted by Gasteiger charge is -2.12. The van der Waals surface area contributed by atoms with Crippen molar-refractivity contribution in [1.82, 2.24) is 5.06 Å². The number of Topliss-reactive ketones (excluding diaryl/α,β-unsaturated/α-hetero) is 1. The van der Waals surface area contributed by atoms with Crippen LogP contribution in [0.25, 0.3) is 0 Å². The smallest absolute Gasteiger partial charge is 0.330 e. The van der Waals surface area contributed by atoms with Crippen LogP contribution in [-0.2, 0) is 24.0 Å². The van der Waals surface area contributed by atoms with Gasteiger partial charge in [-0.3, -0.25) is 14.4 Å². The molecule has 0 spiro atoms. The second-order valence-electron chi connectivity index (χ2n) is 4.53. The highest BCUT2D eigenvalue weighted by atomic mass is 33.1. The van der Waals surface area contributed by atoms with Crippen molar-refractivity contribution in [2.75, 3.05) is 11.5 Å². The van der Waals surface area contributed by atoms with Gasteiger partial charge in [0.15, 0.2) is 0 Å². The summed E-state index contributed by atoms with van der Waals surface area (Å²) >= 11 is 0. The normalized spacial score (nSPS) is 14.1. The molecule has 0 fully saturated rings. The standard InChI is InChI=1S/C13H17NO5S2/c1-9(2)10(15)5-7-20-21-8-6-13(18)19-14-11(16)3-4-12(14)17/h3-4,9H,5-8H2,1-2H3. The molecule has 0 aromatic heterocycles. The maximum atomic E-state index is 11.4. The van der Waals surface area contributed by atoms with Crippen LogP contribution in [0, 0.1) is 5.92 Å². The molecule has 0 bridgehead atoms. The summed E-state index contributed by atoms with van der Waals surface area (Å²) in [6.45, 7) is 3.73. The number of hydrogen-bond acceptors (Lipinski definition) is 7. The van der Waals surface area contributed by atoms with Crippen LogP contribution >= 0.6 is 21.6 Å². The van der Waals surface area contributed by atoms with Crippen molar-refractivity contribution in [1.29, 1.82) is 0 Å². The fourth-order valence-corrected chi connectivity index (χ4v) is 3.28. The van der Waals surface area contributed by atoms with Crippen LogP contribution < -0.4 is 0 Å². The molecule has 21 heavy (non-hydrogen) atoms. The molecule has 0 atom stereocenters. The molecule has 2 amide bonds. The van der Waals surface area contributed by atoms with Crippen molar-refractivity contribution < 1.29 is 24.0 Å². The Morgan fingerprint density at radius 2 is 1.62 bits per heavy atom. The third kappa shape index (κ3) is 6.34. The van der Waals surface area contributed by atoms with Gasteiger partial charge in [0.2, 0.25) is 0 Å². The number of hydrogen-bond donors (Lipinski definition) is 0. The molecule has 0 radical (unpaired) electrons. The highest BCUT2D eigenvalue weighted by molar-refractivity contribution is 8.76. The molecule has 1 aliphatic heterocycles. The van der Waals surface area contributed by atoms with Crippen molar-refractivity contribution in [3.05, 3.63) is 12.2 Å². The topological polar surface area (TPSA) is 80.8 Å². The second kappa shape index (κ2) is 8.89. The lowest BCUT2D eigenvalue weighted by Crippen LogP contribution is -2.32. The van der Waals surface area contributed by atoms with Gasteiger partial charge in [0.25, 0.3) is 11.8 Å². The van der Waals surface area contributed by atoms with Gasteiger partial charge in [-0.25, -0.2) is 4.79 Å². The number of hydroxylamine groups is 2. The molecule has 0 aromatic rings. The minimum Gasteiger partial charge on any atom is -0.330 e. The zero-order chi connectivity index (χ0) is 15.8. The molecule has 1 rings (SSSR count). The van der Waals surface area contributed by atoms with Crippen LogP contribution in [0.1, 0.15) is 26.7 Å². The lowest BCUT2D eigenvalue weighted by atomic mass is 10.1. The Bertz CT molecular complexity index is 443. The van der Waals surface area contributed by atoms with Gasteiger partial charge in [-0.15, -0.1) is 0 Å². The van der Waals surface area contributed by atoms with E-state index in [2.05, 4.69) is 4.84 Å². The number of ketones is 1. The van der Waals surface area contributed by atoms with E-state index in [9.17, 15) is 19.2 Å². The Balaban J connectivity index is 2.08. The first-order chi connectivity index (χ1) is 9.91. The largest absolute Gasteiger partial charge is 0.334 e. The van der Waals surface area contributed by atoms with Crippen molar-refractivity contribution in [2.24, 2.45) is 5.92 Å². The van der Waals surface area contributed by atoms with E-state index < -0.39 is 17.8 Å². The SMILES string of the molecule is CC(C)C(=O)CCSSCCC(=O)ON1C(=O)C=CC1=O. The van der Waals surface area contributed by atoms with Gasteiger partial charge in [0.1, 0.15) is 5.78 Å². The van der Waals surface area contributed by atoms with Crippen molar-refractivity contribution >= 4 is 45.2 Å².